The standard InChI is InChI=1S/C24H23ClN2O2/c1-17-8-10-19(11-9-17)23(28)22-7-5-15-27(22)14-4-6-18-12-13-20(25)16-21(18)24(29)26(2)3/h4-13,15-16H,14H2,1-3H3/b6-4+. The zero-order valence-electron chi connectivity index (χ0n) is 16.7. The molecule has 0 fully saturated rings. The minimum Gasteiger partial charge on any atom is -0.345 e. The maximum Gasteiger partial charge on any atom is 0.253 e. The predicted molar refractivity (Wildman–Crippen MR) is 118 cm³/mol. The average Bonchev–Trinajstić information content (AvgIpc) is 3.17. The van der Waals surface area contributed by atoms with Crippen LogP contribution >= 0.6 is 11.6 Å². The lowest BCUT2D eigenvalue weighted by Gasteiger charge is -2.13. The number of aryl methyl sites for hydroxylation is 1. The van der Waals surface area contributed by atoms with E-state index in [4.69, 9.17) is 11.6 Å². The van der Waals surface area contributed by atoms with E-state index in [1.807, 2.05) is 72.3 Å². The molecule has 3 rings (SSSR count). The topological polar surface area (TPSA) is 42.3 Å². The Morgan fingerprint density at radius 3 is 2.48 bits per heavy atom. The molecule has 0 radical (unpaired) electrons. The van der Waals surface area contributed by atoms with E-state index >= 15 is 0 Å². The van der Waals surface area contributed by atoms with Crippen LogP contribution in [0.3, 0.4) is 0 Å². The molecule has 0 saturated heterocycles. The van der Waals surface area contributed by atoms with Gasteiger partial charge in [0.25, 0.3) is 5.91 Å². The Bertz CT molecular complexity index is 1060. The summed E-state index contributed by atoms with van der Waals surface area (Å²) in [5.41, 5.74) is 3.73. The molecule has 1 amide bonds. The van der Waals surface area contributed by atoms with Gasteiger partial charge < -0.3 is 9.47 Å². The fraction of sp³-hybridized carbons (Fsp3) is 0.167. The number of carbonyl (C=O) groups excluding carboxylic acids is 2. The van der Waals surface area contributed by atoms with Crippen LogP contribution in [-0.2, 0) is 6.54 Å². The van der Waals surface area contributed by atoms with Crippen molar-refractivity contribution in [3.05, 3.63) is 99.8 Å². The molecule has 29 heavy (non-hydrogen) atoms. The van der Waals surface area contributed by atoms with Gasteiger partial charge in [0.1, 0.15) is 0 Å². The Morgan fingerprint density at radius 1 is 1.07 bits per heavy atom. The number of hydrogen-bond acceptors (Lipinski definition) is 2. The predicted octanol–water partition coefficient (Wildman–Crippen LogP) is 5.10. The molecule has 4 nitrogen and oxygen atoms in total. The number of aromatic nitrogens is 1. The number of allylic oxidation sites excluding steroid dienone is 1. The molecule has 0 unspecified atom stereocenters. The molecule has 0 aliphatic heterocycles. The highest BCUT2D eigenvalue weighted by Crippen LogP contribution is 2.19. The van der Waals surface area contributed by atoms with Gasteiger partial charge in [-0.15, -0.1) is 0 Å². The first-order valence-electron chi connectivity index (χ1n) is 9.31. The first kappa shape index (κ1) is 20.6. The molecule has 0 N–H and O–H groups in total. The van der Waals surface area contributed by atoms with Crippen molar-refractivity contribution in [2.24, 2.45) is 0 Å². The molecule has 148 valence electrons. The van der Waals surface area contributed by atoms with Gasteiger partial charge in [-0.3, -0.25) is 9.59 Å². The van der Waals surface area contributed by atoms with Crippen LogP contribution in [0.1, 0.15) is 37.5 Å². The zero-order valence-corrected chi connectivity index (χ0v) is 17.5. The molecule has 0 spiro atoms. The summed E-state index contributed by atoms with van der Waals surface area (Å²) in [5, 5.41) is 0.517. The molecule has 0 aliphatic rings. The lowest BCUT2D eigenvalue weighted by atomic mass is 10.1. The third-order valence-corrected chi connectivity index (χ3v) is 4.86. The summed E-state index contributed by atoms with van der Waals surface area (Å²) in [6.07, 6.45) is 5.69. The fourth-order valence-electron chi connectivity index (χ4n) is 3.03. The average molecular weight is 407 g/mol. The number of benzene rings is 2. The fourth-order valence-corrected chi connectivity index (χ4v) is 3.20. The molecule has 1 aromatic heterocycles. The number of ketones is 1. The van der Waals surface area contributed by atoms with Crippen molar-refractivity contribution < 1.29 is 9.59 Å². The third-order valence-electron chi connectivity index (χ3n) is 4.63. The van der Waals surface area contributed by atoms with E-state index in [-0.39, 0.29) is 11.7 Å². The minimum atomic E-state index is -0.108. The van der Waals surface area contributed by atoms with Crippen molar-refractivity contribution in [1.82, 2.24) is 9.47 Å². The van der Waals surface area contributed by atoms with Gasteiger partial charge in [-0.25, -0.2) is 0 Å². The van der Waals surface area contributed by atoms with Gasteiger partial charge in [-0.05, 0) is 36.8 Å². The molecule has 0 aliphatic carbocycles. The van der Waals surface area contributed by atoms with Crippen LogP contribution in [0, 0.1) is 6.92 Å². The van der Waals surface area contributed by atoms with Crippen LogP contribution in [0.4, 0.5) is 0 Å². The van der Waals surface area contributed by atoms with E-state index in [0.29, 0.717) is 28.4 Å². The number of rotatable bonds is 6. The zero-order chi connectivity index (χ0) is 21.0. The SMILES string of the molecule is Cc1ccc(C(=O)c2cccn2C/C=C/c2ccc(Cl)cc2C(=O)N(C)C)cc1. The Hall–Kier alpha value is -3.11. The first-order valence-corrected chi connectivity index (χ1v) is 9.69. The van der Waals surface area contributed by atoms with Gasteiger partial charge in [0.05, 0.1) is 5.69 Å². The lowest BCUT2D eigenvalue weighted by Crippen LogP contribution is -2.22. The van der Waals surface area contributed by atoms with Crippen molar-refractivity contribution in [3.8, 4) is 0 Å². The summed E-state index contributed by atoms with van der Waals surface area (Å²) in [4.78, 5) is 26.8. The monoisotopic (exact) mass is 406 g/mol. The highest BCUT2D eigenvalue weighted by atomic mass is 35.5. The number of halogens is 1. The van der Waals surface area contributed by atoms with E-state index in [2.05, 4.69) is 0 Å². The number of amides is 1. The van der Waals surface area contributed by atoms with Crippen LogP contribution in [0.2, 0.25) is 5.02 Å². The van der Waals surface area contributed by atoms with E-state index in [9.17, 15) is 9.59 Å². The largest absolute Gasteiger partial charge is 0.345 e. The quantitative estimate of drug-likeness (QED) is 0.534. The molecule has 0 bridgehead atoms. The van der Waals surface area contributed by atoms with Gasteiger partial charge in [-0.1, -0.05) is 59.6 Å². The molecular formula is C24H23ClN2O2. The van der Waals surface area contributed by atoms with Gasteiger partial charge in [0.2, 0.25) is 5.78 Å². The highest BCUT2D eigenvalue weighted by molar-refractivity contribution is 6.31. The van der Waals surface area contributed by atoms with Crippen molar-refractivity contribution >= 4 is 29.4 Å². The molecule has 2 aromatic carbocycles. The summed E-state index contributed by atoms with van der Waals surface area (Å²) < 4.78 is 1.89. The lowest BCUT2D eigenvalue weighted by molar-refractivity contribution is 0.0827. The Balaban J connectivity index is 1.81. The minimum absolute atomic E-state index is 0.0154. The van der Waals surface area contributed by atoms with Gasteiger partial charge in [-0.2, -0.15) is 0 Å². The number of hydrogen-bond donors (Lipinski definition) is 0. The molecule has 1 heterocycles. The van der Waals surface area contributed by atoms with Gasteiger partial charge in [0, 0.05) is 43.0 Å². The highest BCUT2D eigenvalue weighted by Gasteiger charge is 2.14. The Kier molecular flexibility index (Phi) is 6.35. The van der Waals surface area contributed by atoms with E-state index < -0.39 is 0 Å². The Morgan fingerprint density at radius 2 is 1.79 bits per heavy atom. The van der Waals surface area contributed by atoms with E-state index in [1.165, 1.54) is 4.90 Å². The smallest absolute Gasteiger partial charge is 0.253 e. The van der Waals surface area contributed by atoms with Crippen LogP contribution < -0.4 is 0 Å². The van der Waals surface area contributed by atoms with Crippen LogP contribution in [0.15, 0.2) is 66.9 Å². The van der Waals surface area contributed by atoms with E-state index in [1.54, 1.807) is 26.2 Å². The summed E-state index contributed by atoms with van der Waals surface area (Å²) in [7, 11) is 3.42. The molecule has 0 saturated carbocycles. The maximum atomic E-state index is 12.8. The molecule has 0 atom stereocenters. The van der Waals surface area contributed by atoms with Crippen LogP contribution in [0.5, 0.6) is 0 Å². The Labute approximate surface area is 176 Å². The molecular weight excluding hydrogens is 384 g/mol. The van der Waals surface area contributed by atoms with Crippen molar-refractivity contribution in [2.75, 3.05) is 14.1 Å². The first-order chi connectivity index (χ1) is 13.9. The summed E-state index contributed by atoms with van der Waals surface area (Å²) >= 11 is 6.07. The maximum absolute atomic E-state index is 12.8. The van der Waals surface area contributed by atoms with E-state index in [0.717, 1.165) is 11.1 Å². The number of nitrogens with zero attached hydrogens (tertiary/aromatic N) is 2. The second kappa shape index (κ2) is 8.93. The molecule has 5 heteroatoms. The molecule has 3 aromatic rings. The third kappa shape index (κ3) is 4.84. The van der Waals surface area contributed by atoms with Crippen LogP contribution in [-0.4, -0.2) is 35.3 Å². The van der Waals surface area contributed by atoms with Crippen molar-refractivity contribution in [2.45, 2.75) is 13.5 Å². The normalized spacial score (nSPS) is 11.0. The second-order valence-electron chi connectivity index (χ2n) is 7.07. The summed E-state index contributed by atoms with van der Waals surface area (Å²) in [5.74, 6) is -0.123. The van der Waals surface area contributed by atoms with Gasteiger partial charge >= 0.3 is 0 Å². The summed E-state index contributed by atoms with van der Waals surface area (Å²) in [6.45, 7) is 2.51. The van der Waals surface area contributed by atoms with Crippen LogP contribution in [0.25, 0.3) is 6.08 Å². The van der Waals surface area contributed by atoms with Crippen molar-refractivity contribution in [3.63, 3.8) is 0 Å². The van der Waals surface area contributed by atoms with Gasteiger partial charge in [0.15, 0.2) is 0 Å². The van der Waals surface area contributed by atoms with Crippen molar-refractivity contribution in [1.29, 1.82) is 0 Å². The number of carbonyl (C=O) groups is 2. The summed E-state index contributed by atoms with van der Waals surface area (Å²) in [6, 6.07) is 16.5. The second-order valence-corrected chi connectivity index (χ2v) is 7.51.